The second-order valence-corrected chi connectivity index (χ2v) is 4.40. The standard InChI is InChI=1S/C13H13FN4O2/c1-7-5-16-12(20-7)6-18-10-4-11(19-2)8(14)3-9(10)17-13(18)15/h3-5H,6H2,1-2H3,(H2,15,17). The van der Waals surface area contributed by atoms with Crippen molar-refractivity contribution < 1.29 is 13.5 Å². The van der Waals surface area contributed by atoms with Gasteiger partial charge in [0, 0.05) is 12.1 Å². The average Bonchev–Trinajstić information content (AvgIpc) is 2.94. The van der Waals surface area contributed by atoms with Crippen LogP contribution in [-0.2, 0) is 6.54 Å². The van der Waals surface area contributed by atoms with Gasteiger partial charge in [0.1, 0.15) is 12.3 Å². The van der Waals surface area contributed by atoms with Gasteiger partial charge < -0.3 is 19.5 Å². The van der Waals surface area contributed by atoms with E-state index in [0.29, 0.717) is 29.2 Å². The van der Waals surface area contributed by atoms with Crippen LogP contribution in [0.15, 0.2) is 22.7 Å². The molecule has 2 heterocycles. The van der Waals surface area contributed by atoms with Crippen LogP contribution in [0, 0.1) is 12.7 Å². The molecule has 3 rings (SSSR count). The Morgan fingerprint density at radius 2 is 2.25 bits per heavy atom. The van der Waals surface area contributed by atoms with Gasteiger partial charge in [0.2, 0.25) is 11.8 Å². The molecule has 0 aliphatic rings. The van der Waals surface area contributed by atoms with Gasteiger partial charge in [0.05, 0.1) is 24.3 Å². The highest BCUT2D eigenvalue weighted by molar-refractivity contribution is 5.80. The van der Waals surface area contributed by atoms with Gasteiger partial charge in [-0.1, -0.05) is 0 Å². The first-order chi connectivity index (χ1) is 9.58. The fourth-order valence-electron chi connectivity index (χ4n) is 2.08. The number of halogens is 1. The lowest BCUT2D eigenvalue weighted by molar-refractivity contribution is 0.387. The number of anilines is 1. The van der Waals surface area contributed by atoms with Crippen LogP contribution in [0.1, 0.15) is 11.7 Å². The molecule has 1 aromatic carbocycles. The zero-order valence-electron chi connectivity index (χ0n) is 11.1. The van der Waals surface area contributed by atoms with Gasteiger partial charge in [-0.05, 0) is 6.92 Å². The van der Waals surface area contributed by atoms with E-state index < -0.39 is 5.82 Å². The van der Waals surface area contributed by atoms with Gasteiger partial charge in [-0.3, -0.25) is 0 Å². The summed E-state index contributed by atoms with van der Waals surface area (Å²) in [6.45, 7) is 2.13. The van der Waals surface area contributed by atoms with E-state index >= 15 is 0 Å². The maximum absolute atomic E-state index is 13.6. The number of hydrogen-bond acceptors (Lipinski definition) is 5. The number of hydrogen-bond donors (Lipinski definition) is 1. The van der Waals surface area contributed by atoms with Gasteiger partial charge >= 0.3 is 0 Å². The van der Waals surface area contributed by atoms with Crippen molar-refractivity contribution in [2.24, 2.45) is 0 Å². The molecule has 2 aromatic heterocycles. The minimum atomic E-state index is -0.475. The van der Waals surface area contributed by atoms with Crippen molar-refractivity contribution in [3.05, 3.63) is 35.8 Å². The number of aromatic nitrogens is 3. The zero-order valence-corrected chi connectivity index (χ0v) is 11.1. The molecule has 0 spiro atoms. The Labute approximate surface area is 114 Å². The number of rotatable bonds is 3. The Bertz CT molecular complexity index is 778. The van der Waals surface area contributed by atoms with E-state index in [1.54, 1.807) is 16.8 Å². The van der Waals surface area contributed by atoms with Gasteiger partial charge in [-0.15, -0.1) is 0 Å². The summed E-state index contributed by atoms with van der Waals surface area (Å²) in [5.74, 6) is 1.16. The predicted octanol–water partition coefficient (Wildman–Crippen LogP) is 2.11. The smallest absolute Gasteiger partial charge is 0.214 e. The van der Waals surface area contributed by atoms with Crippen molar-refractivity contribution >= 4 is 17.0 Å². The predicted molar refractivity (Wildman–Crippen MR) is 71.0 cm³/mol. The minimum absolute atomic E-state index is 0.141. The molecule has 2 N–H and O–H groups in total. The third-order valence-corrected chi connectivity index (χ3v) is 3.01. The molecule has 104 valence electrons. The van der Waals surface area contributed by atoms with Crippen LogP contribution >= 0.6 is 0 Å². The molecule has 0 fully saturated rings. The molecule has 0 radical (unpaired) electrons. The Kier molecular flexibility index (Phi) is 2.81. The van der Waals surface area contributed by atoms with Crippen LogP contribution in [0.2, 0.25) is 0 Å². The quantitative estimate of drug-likeness (QED) is 0.792. The summed E-state index contributed by atoms with van der Waals surface area (Å²) in [6.07, 6.45) is 1.63. The fraction of sp³-hybridized carbons (Fsp3) is 0.231. The van der Waals surface area contributed by atoms with Gasteiger partial charge in [-0.2, -0.15) is 0 Å². The SMILES string of the molecule is COc1cc2c(cc1F)nc(N)n2Cc1ncc(C)o1. The lowest BCUT2D eigenvalue weighted by Gasteiger charge is -2.05. The number of benzene rings is 1. The summed E-state index contributed by atoms with van der Waals surface area (Å²) >= 11 is 0. The van der Waals surface area contributed by atoms with E-state index in [1.165, 1.54) is 13.2 Å². The van der Waals surface area contributed by atoms with Crippen LogP contribution in [0.25, 0.3) is 11.0 Å². The number of nitrogens with zero attached hydrogens (tertiary/aromatic N) is 3. The topological polar surface area (TPSA) is 79.1 Å². The van der Waals surface area contributed by atoms with Crippen molar-refractivity contribution in [3.63, 3.8) is 0 Å². The van der Waals surface area contributed by atoms with E-state index in [9.17, 15) is 4.39 Å². The van der Waals surface area contributed by atoms with Crippen LogP contribution < -0.4 is 10.5 Å². The molecule has 0 amide bonds. The minimum Gasteiger partial charge on any atom is -0.494 e. The van der Waals surface area contributed by atoms with E-state index in [4.69, 9.17) is 14.9 Å². The van der Waals surface area contributed by atoms with Crippen LogP contribution in [0.3, 0.4) is 0 Å². The molecule has 20 heavy (non-hydrogen) atoms. The summed E-state index contributed by atoms with van der Waals surface area (Å²) in [5, 5.41) is 0. The van der Waals surface area contributed by atoms with Crippen LogP contribution in [0.4, 0.5) is 10.3 Å². The summed E-state index contributed by atoms with van der Waals surface area (Å²) in [6, 6.07) is 2.85. The number of ether oxygens (including phenoxy) is 1. The Hall–Kier alpha value is -2.57. The third-order valence-electron chi connectivity index (χ3n) is 3.01. The molecule has 0 saturated heterocycles. The molecule has 0 aliphatic carbocycles. The normalized spacial score (nSPS) is 11.2. The summed E-state index contributed by atoms with van der Waals surface area (Å²) in [5.41, 5.74) is 6.99. The Morgan fingerprint density at radius 1 is 1.45 bits per heavy atom. The third kappa shape index (κ3) is 1.97. The van der Waals surface area contributed by atoms with E-state index in [1.807, 2.05) is 6.92 Å². The summed E-state index contributed by atoms with van der Waals surface area (Å²) in [4.78, 5) is 8.25. The lowest BCUT2D eigenvalue weighted by atomic mass is 10.3. The Morgan fingerprint density at radius 3 is 2.90 bits per heavy atom. The number of aryl methyl sites for hydroxylation is 1. The number of oxazole rings is 1. The van der Waals surface area contributed by atoms with Gasteiger partial charge in [0.25, 0.3) is 0 Å². The lowest BCUT2D eigenvalue weighted by Crippen LogP contribution is -2.04. The van der Waals surface area contributed by atoms with Crippen molar-refractivity contribution in [1.29, 1.82) is 0 Å². The number of nitrogens with two attached hydrogens (primary N) is 1. The molecule has 0 aliphatic heterocycles. The molecular formula is C13H13FN4O2. The van der Waals surface area contributed by atoms with Crippen LogP contribution in [-0.4, -0.2) is 21.6 Å². The first kappa shape index (κ1) is 12.5. The molecule has 0 unspecified atom stereocenters. The number of methoxy groups -OCH3 is 1. The Balaban J connectivity index is 2.11. The zero-order chi connectivity index (χ0) is 14.3. The first-order valence-corrected chi connectivity index (χ1v) is 5.99. The van der Waals surface area contributed by atoms with E-state index in [2.05, 4.69) is 9.97 Å². The van der Waals surface area contributed by atoms with Crippen molar-refractivity contribution in [1.82, 2.24) is 14.5 Å². The molecule has 0 saturated carbocycles. The number of fused-ring (bicyclic) bond motifs is 1. The molecular weight excluding hydrogens is 263 g/mol. The molecule has 7 heteroatoms. The van der Waals surface area contributed by atoms with Crippen molar-refractivity contribution in [3.8, 4) is 5.75 Å². The largest absolute Gasteiger partial charge is 0.494 e. The monoisotopic (exact) mass is 276 g/mol. The average molecular weight is 276 g/mol. The van der Waals surface area contributed by atoms with Crippen molar-refractivity contribution in [2.45, 2.75) is 13.5 Å². The molecule has 0 bridgehead atoms. The maximum Gasteiger partial charge on any atom is 0.214 e. The molecule has 6 nitrogen and oxygen atoms in total. The molecule has 0 atom stereocenters. The summed E-state index contributed by atoms with van der Waals surface area (Å²) < 4.78 is 25.7. The highest BCUT2D eigenvalue weighted by atomic mass is 19.1. The van der Waals surface area contributed by atoms with E-state index in [0.717, 1.165) is 0 Å². The number of nitrogen functional groups attached to an aromatic ring is 1. The second-order valence-electron chi connectivity index (χ2n) is 4.40. The fourth-order valence-corrected chi connectivity index (χ4v) is 2.08. The maximum atomic E-state index is 13.6. The van der Waals surface area contributed by atoms with Gasteiger partial charge in [-0.25, -0.2) is 14.4 Å². The summed E-state index contributed by atoms with van der Waals surface area (Å²) in [7, 11) is 1.41. The second kappa shape index (κ2) is 4.52. The van der Waals surface area contributed by atoms with Crippen LogP contribution in [0.5, 0.6) is 5.75 Å². The highest BCUT2D eigenvalue weighted by Gasteiger charge is 2.14. The van der Waals surface area contributed by atoms with Crippen molar-refractivity contribution in [2.75, 3.05) is 12.8 Å². The first-order valence-electron chi connectivity index (χ1n) is 5.99. The van der Waals surface area contributed by atoms with Gasteiger partial charge in [0.15, 0.2) is 11.6 Å². The highest BCUT2D eigenvalue weighted by Crippen LogP contribution is 2.26. The molecule has 3 aromatic rings. The number of imidazole rings is 1. The van der Waals surface area contributed by atoms with E-state index in [-0.39, 0.29) is 11.7 Å².